The summed E-state index contributed by atoms with van der Waals surface area (Å²) in [5.41, 5.74) is -2.40. The van der Waals surface area contributed by atoms with Crippen LogP contribution in [0.15, 0.2) is 77.8 Å². The highest BCUT2D eigenvalue weighted by Gasteiger charge is 2.46. The van der Waals surface area contributed by atoms with E-state index in [0.29, 0.717) is 41.4 Å². The predicted molar refractivity (Wildman–Crippen MR) is 142 cm³/mol. The molecule has 2 aliphatic rings. The molecule has 204 valence electrons. The van der Waals surface area contributed by atoms with Crippen LogP contribution in [0.2, 0.25) is 0 Å². The lowest BCUT2D eigenvalue weighted by molar-refractivity contribution is -0.115. The number of halogens is 3. The number of hydrogen-bond acceptors (Lipinski definition) is 6. The number of carbonyl (C=O) groups is 1. The van der Waals surface area contributed by atoms with E-state index < -0.39 is 27.4 Å². The summed E-state index contributed by atoms with van der Waals surface area (Å²) in [6, 6.07) is 20.3. The molecule has 0 aromatic heterocycles. The van der Waals surface area contributed by atoms with E-state index in [9.17, 15) is 26.4 Å². The number of fused-ring (bicyclic) bond motifs is 1. The fourth-order valence-corrected chi connectivity index (χ4v) is 5.10. The van der Waals surface area contributed by atoms with Crippen molar-refractivity contribution in [1.29, 1.82) is 0 Å². The molecule has 2 heterocycles. The molecule has 0 saturated carbocycles. The third-order valence-electron chi connectivity index (χ3n) is 6.48. The van der Waals surface area contributed by atoms with Crippen molar-refractivity contribution in [2.45, 2.75) is 18.0 Å². The first kappa shape index (κ1) is 26.9. The summed E-state index contributed by atoms with van der Waals surface area (Å²) in [5.74, 6) is -1.40. The largest absolute Gasteiger partial charge is 0.516 e. The molecule has 0 radical (unpaired) electrons. The van der Waals surface area contributed by atoms with Gasteiger partial charge in [-0.1, -0.05) is 42.5 Å². The van der Waals surface area contributed by atoms with Crippen LogP contribution in [0.1, 0.15) is 22.6 Å². The summed E-state index contributed by atoms with van der Waals surface area (Å²) < 4.78 is 69.1. The van der Waals surface area contributed by atoms with Crippen LogP contribution in [0, 0.1) is 0 Å². The molecule has 12 heteroatoms. The quantitative estimate of drug-likeness (QED) is 0.412. The van der Waals surface area contributed by atoms with Gasteiger partial charge in [-0.05, 0) is 47.0 Å². The molecule has 1 unspecified atom stereocenters. The van der Waals surface area contributed by atoms with E-state index in [0.717, 1.165) is 31.3 Å². The molecule has 1 saturated heterocycles. The Morgan fingerprint density at radius 2 is 1.72 bits per heavy atom. The lowest BCUT2D eigenvalue weighted by Crippen LogP contribution is -2.35. The second-order valence-electron chi connectivity index (χ2n) is 9.19. The fraction of sp³-hybridized carbons (Fsp3) is 0.259. The smallest absolute Gasteiger partial charge is 0.379 e. The maximum Gasteiger partial charge on any atom is 0.516 e. The monoisotopic (exact) mass is 558 g/mol. The first-order valence-electron chi connectivity index (χ1n) is 12.2. The first-order valence-corrected chi connectivity index (χ1v) is 13.7. The maximum absolute atomic E-state index is 13.1. The molecule has 0 aliphatic carbocycles. The Kier molecular flexibility index (Phi) is 7.43. The van der Waals surface area contributed by atoms with Crippen LogP contribution in [0.3, 0.4) is 0 Å². The Hall–Kier alpha value is -3.74. The van der Waals surface area contributed by atoms with Gasteiger partial charge in [0.05, 0.1) is 24.6 Å². The van der Waals surface area contributed by atoms with E-state index in [4.69, 9.17) is 9.73 Å². The topological polar surface area (TPSA) is 100 Å². The zero-order valence-electron chi connectivity index (χ0n) is 20.6. The number of alkyl halides is 3. The molecular weight excluding hydrogens is 533 g/mol. The minimum atomic E-state index is -5.63. The number of nitrogens with one attached hydrogen (secondary N) is 2. The second-order valence-corrected chi connectivity index (χ2v) is 10.9. The van der Waals surface area contributed by atoms with Gasteiger partial charge < -0.3 is 10.1 Å². The summed E-state index contributed by atoms with van der Waals surface area (Å²) in [7, 11) is -5.63. The van der Waals surface area contributed by atoms with Gasteiger partial charge in [-0.15, -0.1) is 0 Å². The van der Waals surface area contributed by atoms with E-state index in [1.54, 1.807) is 29.0 Å². The number of carbonyl (C=O) groups excluding carboxylic acids is 1. The number of aliphatic imine (C=N–C) groups is 1. The Bertz CT molecular complexity index is 1490. The Morgan fingerprint density at radius 1 is 1.03 bits per heavy atom. The molecular formula is C27H25F3N4O4S. The minimum Gasteiger partial charge on any atom is -0.379 e. The van der Waals surface area contributed by atoms with Crippen LogP contribution in [-0.4, -0.2) is 56.7 Å². The number of anilines is 2. The van der Waals surface area contributed by atoms with E-state index in [1.165, 1.54) is 12.1 Å². The van der Waals surface area contributed by atoms with Gasteiger partial charge in [0.1, 0.15) is 5.92 Å². The van der Waals surface area contributed by atoms with Crippen molar-refractivity contribution in [1.82, 2.24) is 4.90 Å². The van der Waals surface area contributed by atoms with Crippen LogP contribution in [0.4, 0.5) is 30.2 Å². The maximum atomic E-state index is 13.1. The van der Waals surface area contributed by atoms with Crippen molar-refractivity contribution < 1.29 is 31.1 Å². The fourth-order valence-electron chi connectivity index (χ4n) is 4.55. The lowest BCUT2D eigenvalue weighted by Gasteiger charge is -2.26. The minimum absolute atomic E-state index is 0.313. The van der Waals surface area contributed by atoms with Gasteiger partial charge >= 0.3 is 15.5 Å². The first-order chi connectivity index (χ1) is 18.6. The Morgan fingerprint density at radius 3 is 2.38 bits per heavy atom. The molecule has 2 aliphatic heterocycles. The molecule has 0 spiro atoms. The van der Waals surface area contributed by atoms with E-state index in [1.807, 2.05) is 30.3 Å². The third-order valence-corrected chi connectivity index (χ3v) is 7.59. The zero-order valence-corrected chi connectivity index (χ0v) is 21.4. The van der Waals surface area contributed by atoms with Crippen LogP contribution in [0.5, 0.6) is 0 Å². The van der Waals surface area contributed by atoms with Crippen molar-refractivity contribution in [3.05, 3.63) is 89.5 Å². The van der Waals surface area contributed by atoms with Gasteiger partial charge in [0.15, 0.2) is 0 Å². The summed E-state index contributed by atoms with van der Waals surface area (Å²) in [6.07, 6.45) is 0. The molecule has 39 heavy (non-hydrogen) atoms. The van der Waals surface area contributed by atoms with Gasteiger partial charge in [0.2, 0.25) is 5.91 Å². The van der Waals surface area contributed by atoms with Gasteiger partial charge in [-0.25, -0.2) is 0 Å². The van der Waals surface area contributed by atoms with Gasteiger partial charge in [-0.2, -0.15) is 21.6 Å². The van der Waals surface area contributed by atoms with Crippen LogP contribution in [-0.2, 0) is 26.1 Å². The summed E-state index contributed by atoms with van der Waals surface area (Å²) >= 11 is 0. The average Bonchev–Trinajstić information content (AvgIpc) is 3.23. The highest BCUT2D eigenvalue weighted by molar-refractivity contribution is 7.93. The highest BCUT2D eigenvalue weighted by atomic mass is 32.2. The van der Waals surface area contributed by atoms with E-state index >= 15 is 0 Å². The number of ether oxygens (including phenoxy) is 1. The van der Waals surface area contributed by atoms with Gasteiger partial charge in [0, 0.05) is 31.0 Å². The zero-order chi connectivity index (χ0) is 27.6. The lowest BCUT2D eigenvalue weighted by atomic mass is 9.90. The third kappa shape index (κ3) is 5.97. The normalized spacial score (nSPS) is 18.5. The summed E-state index contributed by atoms with van der Waals surface area (Å²) in [6.45, 7) is 3.89. The van der Waals surface area contributed by atoms with E-state index in [-0.39, 0.29) is 5.69 Å². The van der Waals surface area contributed by atoms with Gasteiger partial charge in [-0.3, -0.25) is 19.4 Å². The van der Waals surface area contributed by atoms with E-state index in [2.05, 4.69) is 10.2 Å². The number of sulfonamides is 1. The Balaban J connectivity index is 1.49. The summed E-state index contributed by atoms with van der Waals surface area (Å²) in [5, 5.41) is 2.72. The predicted octanol–water partition coefficient (Wildman–Crippen LogP) is 4.64. The van der Waals surface area contributed by atoms with Crippen molar-refractivity contribution in [3.8, 4) is 0 Å². The van der Waals surface area contributed by atoms with Crippen LogP contribution in [0.25, 0.3) is 0 Å². The number of rotatable bonds is 7. The highest BCUT2D eigenvalue weighted by Crippen LogP contribution is 2.38. The number of hydrogen-bond donors (Lipinski definition) is 2. The molecule has 1 atom stereocenters. The molecule has 5 rings (SSSR count). The average molecular weight is 559 g/mol. The number of amides is 1. The molecule has 1 fully saturated rings. The molecule has 8 nitrogen and oxygen atoms in total. The van der Waals surface area contributed by atoms with Crippen LogP contribution >= 0.6 is 0 Å². The van der Waals surface area contributed by atoms with Crippen molar-refractivity contribution in [2.75, 3.05) is 36.3 Å². The number of nitrogens with zero attached hydrogens (tertiary/aromatic N) is 2. The molecule has 0 bridgehead atoms. The second kappa shape index (κ2) is 10.8. The van der Waals surface area contributed by atoms with Crippen molar-refractivity contribution >= 4 is 38.7 Å². The van der Waals surface area contributed by atoms with Crippen molar-refractivity contribution in [2.24, 2.45) is 4.99 Å². The molecule has 3 aromatic carbocycles. The summed E-state index contributed by atoms with van der Waals surface area (Å²) in [4.78, 5) is 20.2. The molecule has 3 aromatic rings. The number of benzene rings is 3. The standard InChI is InChI=1S/C27H25F3N4O4S/c28-27(29,30)39(36,37)33-21-10-11-23-22(16-21)24(26(35)32-23)25(19-4-2-1-3-5-19)31-20-8-6-18(7-9-20)17-34-12-14-38-15-13-34/h1-11,16,24,33H,12-15,17H2,(H,32,35). The SMILES string of the molecule is O=C1Nc2ccc(NS(=O)(=O)C(F)(F)F)cc2C1C(=Nc1ccc(CN2CCOCC2)cc1)c1ccccc1. The molecule has 2 N–H and O–H groups in total. The van der Waals surface area contributed by atoms with Crippen LogP contribution < -0.4 is 10.0 Å². The van der Waals surface area contributed by atoms with Gasteiger partial charge in [0.25, 0.3) is 0 Å². The molecule has 1 amide bonds. The number of morpholine rings is 1. The Labute approximate surface area is 223 Å². The van der Waals surface area contributed by atoms with Crippen molar-refractivity contribution in [3.63, 3.8) is 0 Å².